The largest absolute Gasteiger partial charge is 0.456 e. The van der Waals surface area contributed by atoms with Gasteiger partial charge in [0.05, 0.1) is 12.3 Å². The van der Waals surface area contributed by atoms with Crippen LogP contribution in [0, 0.1) is 0 Å². The van der Waals surface area contributed by atoms with Crippen LogP contribution in [0.25, 0.3) is 73.4 Å². The van der Waals surface area contributed by atoms with Crippen molar-refractivity contribution in [2.45, 2.75) is 18.9 Å². The van der Waals surface area contributed by atoms with E-state index in [-0.39, 0.29) is 6.17 Å². The Balaban J connectivity index is 0.976. The van der Waals surface area contributed by atoms with Gasteiger partial charge in [-0.25, -0.2) is 0 Å². The third-order valence-electron chi connectivity index (χ3n) is 10.0. The molecule has 0 spiro atoms. The van der Waals surface area contributed by atoms with Gasteiger partial charge >= 0.3 is 0 Å². The second-order valence-electron chi connectivity index (χ2n) is 13.1. The van der Waals surface area contributed by atoms with Crippen molar-refractivity contribution in [3.63, 3.8) is 0 Å². The number of hydrogen-bond donors (Lipinski definition) is 3. The molecule has 0 aliphatic heterocycles. The number of rotatable bonds is 8. The Hall–Kier alpha value is -5.34. The molecule has 246 valence electrons. The average molecular weight is 696 g/mol. The lowest BCUT2D eigenvalue weighted by Gasteiger charge is -2.26. The summed E-state index contributed by atoms with van der Waals surface area (Å²) in [5.74, 6) is 0. The fourth-order valence-electron chi connectivity index (χ4n) is 7.59. The molecule has 0 radical (unpaired) electrons. The number of nitrogens with one attached hydrogen (secondary N) is 2. The highest BCUT2D eigenvalue weighted by Crippen LogP contribution is 2.45. The number of nitrogens with two attached hydrogens (primary N) is 1. The minimum absolute atomic E-state index is 0.180. The van der Waals surface area contributed by atoms with Gasteiger partial charge in [0.2, 0.25) is 0 Å². The lowest BCUT2D eigenvalue weighted by Crippen LogP contribution is -2.39. The average Bonchev–Trinajstić information content (AvgIpc) is 3.87. The van der Waals surface area contributed by atoms with Crippen LogP contribution in [-0.4, -0.2) is 0 Å². The molecule has 0 saturated carbocycles. The zero-order valence-corrected chi connectivity index (χ0v) is 29.2. The quantitative estimate of drug-likeness (QED) is 0.138. The van der Waals surface area contributed by atoms with Gasteiger partial charge in [0, 0.05) is 68.8 Å². The second kappa shape index (κ2) is 12.5. The van der Waals surface area contributed by atoms with Crippen molar-refractivity contribution >= 4 is 85.0 Å². The van der Waals surface area contributed by atoms with Crippen molar-refractivity contribution < 1.29 is 4.42 Å². The van der Waals surface area contributed by atoms with Crippen LogP contribution in [0.3, 0.4) is 0 Å². The van der Waals surface area contributed by atoms with Crippen molar-refractivity contribution in [2.24, 2.45) is 5.73 Å². The molecule has 2 unspecified atom stereocenters. The minimum atomic E-state index is -0.429. The van der Waals surface area contributed by atoms with Gasteiger partial charge in [0.15, 0.2) is 0 Å². The van der Waals surface area contributed by atoms with Gasteiger partial charge in [0.25, 0.3) is 0 Å². The van der Waals surface area contributed by atoms with Crippen LogP contribution in [-0.2, 0) is 6.54 Å². The summed E-state index contributed by atoms with van der Waals surface area (Å²) in [6, 6.07) is 53.8. The highest BCUT2D eigenvalue weighted by Gasteiger charge is 2.20. The van der Waals surface area contributed by atoms with Crippen LogP contribution in [0.5, 0.6) is 0 Å². The fraction of sp³-hybridized carbons (Fsp3) is 0.0667. The maximum atomic E-state index is 6.96. The number of thiophene rings is 2. The first-order valence-electron chi connectivity index (χ1n) is 17.2. The minimum Gasteiger partial charge on any atom is -0.456 e. The van der Waals surface area contributed by atoms with E-state index in [0.717, 1.165) is 33.1 Å². The van der Waals surface area contributed by atoms with Crippen LogP contribution in [0.15, 0.2) is 156 Å². The Bertz CT molecular complexity index is 2890. The Labute approximate surface area is 302 Å². The van der Waals surface area contributed by atoms with Crippen molar-refractivity contribution in [2.75, 3.05) is 0 Å². The standard InChI is InChI=1S/C45H33N3OS2/c46-44(36-19-10-21-38-41(36)35-14-4-6-20-37(35)49-38)48-45(28-11-2-1-3-12-28)47-26-27-23-24-30-32-16-9-18-34(43(32)51-40(30)25-27)33-17-8-15-31-29-13-5-7-22-39(29)50-42(31)33/h1-25,44-45,47-48H,26,46H2. The molecule has 0 aliphatic rings. The molecular formula is C45H33N3OS2. The summed E-state index contributed by atoms with van der Waals surface area (Å²) in [6.45, 7) is 0.677. The molecule has 4 nitrogen and oxygen atoms in total. The van der Waals surface area contributed by atoms with E-state index >= 15 is 0 Å². The zero-order valence-electron chi connectivity index (χ0n) is 27.6. The number of hydrogen-bond acceptors (Lipinski definition) is 6. The molecule has 0 amide bonds. The fourth-order valence-corrected chi connectivity index (χ4v) is 10.1. The van der Waals surface area contributed by atoms with E-state index in [1.807, 2.05) is 59.1 Å². The van der Waals surface area contributed by atoms with Gasteiger partial charge in [0.1, 0.15) is 11.2 Å². The molecule has 0 aliphatic carbocycles. The third kappa shape index (κ3) is 5.23. The number of benzene rings is 7. The van der Waals surface area contributed by atoms with Crippen LogP contribution >= 0.6 is 22.7 Å². The molecule has 0 bridgehead atoms. The zero-order chi connectivity index (χ0) is 33.9. The molecule has 7 aromatic carbocycles. The molecule has 10 rings (SSSR count). The molecule has 0 fully saturated rings. The van der Waals surface area contributed by atoms with Crippen LogP contribution in [0.4, 0.5) is 0 Å². The van der Waals surface area contributed by atoms with Gasteiger partial charge in [-0.15, -0.1) is 22.7 Å². The first kappa shape index (κ1) is 30.5. The lowest BCUT2D eigenvalue weighted by atomic mass is 10.0. The van der Waals surface area contributed by atoms with Crippen molar-refractivity contribution in [1.82, 2.24) is 10.6 Å². The summed E-state index contributed by atoms with van der Waals surface area (Å²) < 4.78 is 11.5. The topological polar surface area (TPSA) is 63.2 Å². The maximum Gasteiger partial charge on any atom is 0.135 e. The summed E-state index contributed by atoms with van der Waals surface area (Å²) in [7, 11) is 0. The van der Waals surface area contributed by atoms with Gasteiger partial charge in [-0.05, 0) is 41.0 Å². The van der Waals surface area contributed by atoms with Gasteiger partial charge in [-0.1, -0.05) is 127 Å². The first-order valence-corrected chi connectivity index (χ1v) is 18.9. The van der Waals surface area contributed by atoms with E-state index in [4.69, 9.17) is 10.2 Å². The summed E-state index contributed by atoms with van der Waals surface area (Å²) >= 11 is 3.78. The number of para-hydroxylation sites is 1. The highest BCUT2D eigenvalue weighted by molar-refractivity contribution is 7.27. The van der Waals surface area contributed by atoms with E-state index in [9.17, 15) is 0 Å². The Kier molecular flexibility index (Phi) is 7.45. The van der Waals surface area contributed by atoms with Crippen LogP contribution in [0.1, 0.15) is 29.0 Å². The molecule has 4 N–H and O–H groups in total. The molecule has 51 heavy (non-hydrogen) atoms. The normalized spacial score (nSPS) is 13.3. The maximum absolute atomic E-state index is 6.96. The summed E-state index contributed by atoms with van der Waals surface area (Å²) in [4.78, 5) is 0. The van der Waals surface area contributed by atoms with Crippen LogP contribution < -0.4 is 16.4 Å². The molecule has 2 atom stereocenters. The van der Waals surface area contributed by atoms with Crippen molar-refractivity contribution in [3.05, 3.63) is 168 Å². The Morgan fingerprint density at radius 1 is 0.549 bits per heavy atom. The third-order valence-corrected chi connectivity index (χ3v) is 12.4. The lowest BCUT2D eigenvalue weighted by molar-refractivity contribution is 0.387. The summed E-state index contributed by atoms with van der Waals surface area (Å²) in [5.41, 5.74) is 14.6. The van der Waals surface area contributed by atoms with Gasteiger partial charge < -0.3 is 10.2 Å². The SMILES string of the molecule is NC(NC(NCc1ccc2c(c1)sc1c(-c3cccc4c3sc3ccccc34)cccc12)c1ccccc1)c1cccc2oc3ccccc3c12. The van der Waals surface area contributed by atoms with E-state index in [1.54, 1.807) is 0 Å². The summed E-state index contributed by atoms with van der Waals surface area (Å²) in [5, 5.41) is 14.9. The Morgan fingerprint density at radius 2 is 1.18 bits per heavy atom. The predicted molar refractivity (Wildman–Crippen MR) is 217 cm³/mol. The number of furan rings is 1. The monoisotopic (exact) mass is 695 g/mol. The van der Waals surface area contributed by atoms with Crippen molar-refractivity contribution in [3.8, 4) is 11.1 Å². The smallest absolute Gasteiger partial charge is 0.135 e. The van der Waals surface area contributed by atoms with E-state index in [2.05, 4.69) is 126 Å². The summed E-state index contributed by atoms with van der Waals surface area (Å²) in [6.07, 6.45) is -0.609. The molecular weight excluding hydrogens is 663 g/mol. The molecule has 6 heteroatoms. The predicted octanol–water partition coefficient (Wildman–Crippen LogP) is 12.0. The van der Waals surface area contributed by atoms with E-state index in [1.165, 1.54) is 57.0 Å². The second-order valence-corrected chi connectivity index (χ2v) is 15.2. The van der Waals surface area contributed by atoms with Crippen LogP contribution in [0.2, 0.25) is 0 Å². The number of fused-ring (bicyclic) bond motifs is 9. The van der Waals surface area contributed by atoms with E-state index < -0.39 is 6.17 Å². The van der Waals surface area contributed by atoms with Gasteiger partial charge in [-0.3, -0.25) is 10.6 Å². The molecule has 10 aromatic rings. The first-order chi connectivity index (χ1) is 25.2. The molecule has 0 saturated heterocycles. The van der Waals surface area contributed by atoms with E-state index in [0.29, 0.717) is 6.54 Å². The van der Waals surface area contributed by atoms with Crippen molar-refractivity contribution in [1.29, 1.82) is 0 Å². The molecule has 3 aromatic heterocycles. The molecule has 3 heterocycles. The Morgan fingerprint density at radius 3 is 1.98 bits per heavy atom. The highest BCUT2D eigenvalue weighted by atomic mass is 32.1. The van der Waals surface area contributed by atoms with Gasteiger partial charge in [-0.2, -0.15) is 0 Å².